The largest absolute Gasteiger partial charge is 0.392 e. The molecule has 0 saturated carbocycles. The number of aliphatic hydroxyl groups excluding tert-OH is 1. The van der Waals surface area contributed by atoms with Gasteiger partial charge in [0.2, 0.25) is 10.0 Å². The quantitative estimate of drug-likeness (QED) is 0.817. The van der Waals surface area contributed by atoms with Crippen LogP contribution in [-0.4, -0.2) is 40.7 Å². The molecule has 25 heavy (non-hydrogen) atoms. The maximum Gasteiger partial charge on any atom is 0.246 e. The Morgan fingerprint density at radius 2 is 1.96 bits per heavy atom. The summed E-state index contributed by atoms with van der Waals surface area (Å²) in [5.74, 6) is 0.320. The van der Waals surface area contributed by atoms with Gasteiger partial charge in [-0.25, -0.2) is 8.42 Å². The van der Waals surface area contributed by atoms with Gasteiger partial charge in [-0.05, 0) is 36.3 Å². The fourth-order valence-corrected chi connectivity index (χ4v) is 4.76. The van der Waals surface area contributed by atoms with Gasteiger partial charge in [0.05, 0.1) is 12.8 Å². The lowest BCUT2D eigenvalue weighted by atomic mass is 9.98. The number of hydrogen-bond acceptors (Lipinski definition) is 4. The summed E-state index contributed by atoms with van der Waals surface area (Å²) in [7, 11) is -3.46. The molecule has 1 saturated heterocycles. The lowest BCUT2D eigenvalue weighted by Gasteiger charge is -2.15. The number of nitrogens with zero attached hydrogens (tertiary/aromatic N) is 3. The molecule has 1 aromatic carbocycles. The Balaban J connectivity index is 1.64. The molecule has 1 aliphatic rings. The van der Waals surface area contributed by atoms with Crippen molar-refractivity contribution in [2.24, 2.45) is 5.92 Å². The molecule has 1 atom stereocenters. The summed E-state index contributed by atoms with van der Waals surface area (Å²) in [5.41, 5.74) is 2.07. The van der Waals surface area contributed by atoms with Gasteiger partial charge < -0.3 is 5.11 Å². The van der Waals surface area contributed by atoms with E-state index in [4.69, 9.17) is 5.11 Å². The van der Waals surface area contributed by atoms with E-state index < -0.39 is 10.0 Å². The Bertz CT molecular complexity index is 799. The Hall–Kier alpha value is -1.70. The fraction of sp³-hybridized carbons (Fsp3) is 0.500. The second-order valence-corrected chi connectivity index (χ2v) is 8.57. The predicted octanol–water partition coefficient (Wildman–Crippen LogP) is 2.04. The highest BCUT2D eigenvalue weighted by atomic mass is 32.2. The van der Waals surface area contributed by atoms with Crippen LogP contribution >= 0.6 is 0 Å². The van der Waals surface area contributed by atoms with E-state index in [0.29, 0.717) is 19.0 Å². The van der Waals surface area contributed by atoms with Crippen LogP contribution < -0.4 is 0 Å². The first kappa shape index (κ1) is 18.1. The van der Waals surface area contributed by atoms with Crippen LogP contribution in [0, 0.1) is 5.92 Å². The third-order valence-corrected chi connectivity index (χ3v) is 6.50. The van der Waals surface area contributed by atoms with Crippen molar-refractivity contribution in [2.45, 2.75) is 44.2 Å². The zero-order valence-electron chi connectivity index (χ0n) is 14.5. The SMILES string of the molecule is CCCn1cc(S(=O)(=O)N2CCC(Cc3ccc(CO)cc3)C2)cn1. The summed E-state index contributed by atoms with van der Waals surface area (Å²) in [5, 5.41) is 13.2. The normalized spacial score (nSPS) is 18.7. The maximum absolute atomic E-state index is 12.8. The van der Waals surface area contributed by atoms with Crippen molar-refractivity contribution in [3.05, 3.63) is 47.8 Å². The number of aliphatic hydroxyl groups is 1. The summed E-state index contributed by atoms with van der Waals surface area (Å²) in [6.07, 6.45) is 5.71. The van der Waals surface area contributed by atoms with E-state index in [1.807, 2.05) is 31.2 Å². The van der Waals surface area contributed by atoms with Crippen molar-refractivity contribution < 1.29 is 13.5 Å². The summed E-state index contributed by atoms with van der Waals surface area (Å²) in [4.78, 5) is 0.286. The summed E-state index contributed by atoms with van der Waals surface area (Å²) >= 11 is 0. The molecule has 1 aromatic heterocycles. The molecule has 0 amide bonds. The van der Waals surface area contributed by atoms with Crippen LogP contribution in [0.1, 0.15) is 30.9 Å². The number of aryl methyl sites for hydroxylation is 1. The highest BCUT2D eigenvalue weighted by Crippen LogP contribution is 2.26. The van der Waals surface area contributed by atoms with Gasteiger partial charge in [-0.1, -0.05) is 31.2 Å². The van der Waals surface area contributed by atoms with E-state index in [-0.39, 0.29) is 11.5 Å². The lowest BCUT2D eigenvalue weighted by Crippen LogP contribution is -2.29. The molecule has 1 fully saturated rings. The third kappa shape index (κ3) is 4.11. The average molecular weight is 363 g/mol. The summed E-state index contributed by atoms with van der Waals surface area (Å²) in [6, 6.07) is 7.86. The molecule has 0 aliphatic carbocycles. The predicted molar refractivity (Wildman–Crippen MR) is 95.5 cm³/mol. The molecule has 1 N–H and O–H groups in total. The summed E-state index contributed by atoms with van der Waals surface area (Å²) < 4.78 is 28.8. The van der Waals surface area contributed by atoms with Crippen LogP contribution in [0.25, 0.3) is 0 Å². The highest BCUT2D eigenvalue weighted by molar-refractivity contribution is 7.89. The molecule has 1 unspecified atom stereocenters. The second kappa shape index (κ2) is 7.68. The molecular formula is C18H25N3O3S. The number of sulfonamides is 1. The van der Waals surface area contributed by atoms with Crippen LogP contribution in [0.2, 0.25) is 0 Å². The van der Waals surface area contributed by atoms with E-state index >= 15 is 0 Å². The zero-order valence-corrected chi connectivity index (χ0v) is 15.3. The van der Waals surface area contributed by atoms with Gasteiger partial charge in [0, 0.05) is 25.8 Å². The molecule has 3 rings (SSSR count). The van der Waals surface area contributed by atoms with Crippen molar-refractivity contribution in [1.29, 1.82) is 0 Å². The molecule has 2 aromatic rings. The highest BCUT2D eigenvalue weighted by Gasteiger charge is 2.33. The first-order valence-electron chi connectivity index (χ1n) is 8.74. The van der Waals surface area contributed by atoms with Gasteiger partial charge >= 0.3 is 0 Å². The zero-order chi connectivity index (χ0) is 17.9. The minimum Gasteiger partial charge on any atom is -0.392 e. The number of benzene rings is 1. The first-order chi connectivity index (χ1) is 12.0. The first-order valence-corrected chi connectivity index (χ1v) is 10.2. The smallest absolute Gasteiger partial charge is 0.246 e. The minimum atomic E-state index is -3.46. The lowest BCUT2D eigenvalue weighted by molar-refractivity contribution is 0.282. The monoisotopic (exact) mass is 363 g/mol. The van der Waals surface area contributed by atoms with Crippen LogP contribution in [0.15, 0.2) is 41.6 Å². The topological polar surface area (TPSA) is 75.4 Å². The molecule has 0 spiro atoms. The Morgan fingerprint density at radius 3 is 2.64 bits per heavy atom. The van der Waals surface area contributed by atoms with Crippen LogP contribution in [0.5, 0.6) is 0 Å². The second-order valence-electron chi connectivity index (χ2n) is 6.64. The van der Waals surface area contributed by atoms with Gasteiger partial charge in [0.25, 0.3) is 0 Å². The molecule has 0 radical (unpaired) electrons. The van der Waals surface area contributed by atoms with Gasteiger partial charge in [-0.15, -0.1) is 0 Å². The van der Waals surface area contributed by atoms with Gasteiger partial charge in [-0.3, -0.25) is 4.68 Å². The number of rotatable bonds is 7. The molecule has 1 aliphatic heterocycles. The van der Waals surface area contributed by atoms with Crippen molar-refractivity contribution >= 4 is 10.0 Å². The van der Waals surface area contributed by atoms with Gasteiger partial charge in [-0.2, -0.15) is 9.40 Å². The molecule has 6 nitrogen and oxygen atoms in total. The Kier molecular flexibility index (Phi) is 5.56. The maximum atomic E-state index is 12.8. The number of aromatic nitrogens is 2. The van der Waals surface area contributed by atoms with E-state index in [1.165, 1.54) is 11.8 Å². The van der Waals surface area contributed by atoms with E-state index in [2.05, 4.69) is 5.10 Å². The Morgan fingerprint density at radius 1 is 1.24 bits per heavy atom. The van der Waals surface area contributed by atoms with Crippen molar-refractivity contribution in [3.63, 3.8) is 0 Å². The molecular weight excluding hydrogens is 338 g/mol. The molecule has 7 heteroatoms. The van der Waals surface area contributed by atoms with Gasteiger partial charge in [0.15, 0.2) is 0 Å². The van der Waals surface area contributed by atoms with Crippen molar-refractivity contribution in [2.75, 3.05) is 13.1 Å². The van der Waals surface area contributed by atoms with Crippen molar-refractivity contribution in [3.8, 4) is 0 Å². The van der Waals surface area contributed by atoms with Crippen LogP contribution in [0.3, 0.4) is 0 Å². The van der Waals surface area contributed by atoms with E-state index in [0.717, 1.165) is 31.4 Å². The fourth-order valence-electron chi connectivity index (χ4n) is 3.27. The standard InChI is InChI=1S/C18H25N3O3S/c1-2-8-20-13-18(11-19-20)25(23,24)21-9-7-17(12-21)10-15-3-5-16(14-22)6-4-15/h3-6,11,13,17,22H,2,7-10,12,14H2,1H3. The average Bonchev–Trinajstić information content (AvgIpc) is 3.26. The summed E-state index contributed by atoms with van der Waals surface area (Å²) in [6.45, 7) is 3.90. The third-order valence-electron chi connectivity index (χ3n) is 4.68. The Labute approximate surface area is 149 Å². The molecule has 0 bridgehead atoms. The minimum absolute atomic E-state index is 0.0431. The van der Waals surface area contributed by atoms with E-state index in [1.54, 1.807) is 15.2 Å². The molecule has 136 valence electrons. The van der Waals surface area contributed by atoms with Crippen LogP contribution in [-0.2, 0) is 29.6 Å². The number of hydrogen-bond donors (Lipinski definition) is 1. The van der Waals surface area contributed by atoms with Crippen LogP contribution in [0.4, 0.5) is 0 Å². The van der Waals surface area contributed by atoms with Gasteiger partial charge in [0.1, 0.15) is 4.90 Å². The van der Waals surface area contributed by atoms with E-state index in [9.17, 15) is 8.42 Å². The molecule has 2 heterocycles. The van der Waals surface area contributed by atoms with Crippen molar-refractivity contribution in [1.82, 2.24) is 14.1 Å².